The fourth-order valence-electron chi connectivity index (χ4n) is 1.80. The second-order valence-electron chi connectivity index (χ2n) is 4.33. The van der Waals surface area contributed by atoms with Crippen LogP contribution >= 0.6 is 0 Å². The molecule has 0 aromatic heterocycles. The van der Waals surface area contributed by atoms with Crippen LogP contribution in [0, 0.1) is 0 Å². The molecular weight excluding hydrogens is 258 g/mol. The van der Waals surface area contributed by atoms with Gasteiger partial charge in [0.2, 0.25) is 0 Å². The van der Waals surface area contributed by atoms with Crippen LogP contribution in [-0.4, -0.2) is 63.0 Å². The van der Waals surface area contributed by atoms with Gasteiger partial charge < -0.3 is 10.1 Å². The highest BCUT2D eigenvalue weighted by molar-refractivity contribution is 7.86. The summed E-state index contributed by atoms with van der Waals surface area (Å²) < 4.78 is 31.1. The first-order chi connectivity index (χ1) is 8.37. The molecule has 0 aliphatic carbocycles. The standard InChI is InChI=1S/C10H21N3O4S/c1-4-17-10(14)11-9-5-7-13(8-6-9)18(15,16)12(2)3/h9H,4-8H2,1-3H3,(H,11,14). The third-order valence-corrected chi connectivity index (χ3v) is 4.78. The number of ether oxygens (including phenoxy) is 1. The van der Waals surface area contributed by atoms with Crippen LogP contribution in [-0.2, 0) is 14.9 Å². The van der Waals surface area contributed by atoms with Gasteiger partial charge in [0.05, 0.1) is 6.61 Å². The van der Waals surface area contributed by atoms with Gasteiger partial charge in [0.25, 0.3) is 10.2 Å². The average Bonchev–Trinajstić information content (AvgIpc) is 2.29. The summed E-state index contributed by atoms with van der Waals surface area (Å²) >= 11 is 0. The molecule has 8 heteroatoms. The van der Waals surface area contributed by atoms with Gasteiger partial charge in [-0.1, -0.05) is 0 Å². The largest absolute Gasteiger partial charge is 0.450 e. The third-order valence-electron chi connectivity index (χ3n) is 2.84. The first kappa shape index (κ1) is 15.2. The van der Waals surface area contributed by atoms with Crippen LogP contribution < -0.4 is 5.32 Å². The second-order valence-corrected chi connectivity index (χ2v) is 6.47. The summed E-state index contributed by atoms with van der Waals surface area (Å²) in [4.78, 5) is 11.2. The molecule has 106 valence electrons. The van der Waals surface area contributed by atoms with E-state index in [1.54, 1.807) is 6.92 Å². The minimum absolute atomic E-state index is 0.0161. The van der Waals surface area contributed by atoms with Crippen molar-refractivity contribution in [2.75, 3.05) is 33.8 Å². The number of amides is 1. The Balaban J connectivity index is 2.44. The van der Waals surface area contributed by atoms with E-state index >= 15 is 0 Å². The van der Waals surface area contributed by atoms with Gasteiger partial charge >= 0.3 is 6.09 Å². The van der Waals surface area contributed by atoms with Crippen molar-refractivity contribution in [3.63, 3.8) is 0 Å². The Morgan fingerprint density at radius 3 is 2.39 bits per heavy atom. The Hall–Kier alpha value is -0.860. The maximum Gasteiger partial charge on any atom is 0.407 e. The Kier molecular flexibility index (Phi) is 5.36. The molecule has 1 N–H and O–H groups in total. The SMILES string of the molecule is CCOC(=O)NC1CCN(S(=O)(=O)N(C)C)CC1. The molecule has 1 fully saturated rings. The number of hydrogen-bond acceptors (Lipinski definition) is 4. The Morgan fingerprint density at radius 1 is 1.39 bits per heavy atom. The first-order valence-corrected chi connectivity index (χ1v) is 7.38. The lowest BCUT2D eigenvalue weighted by Crippen LogP contribution is -2.49. The predicted octanol–water partition coefficient (Wildman–Crippen LogP) is 0.00330. The molecule has 0 aromatic rings. The predicted molar refractivity (Wildman–Crippen MR) is 67.4 cm³/mol. The first-order valence-electron chi connectivity index (χ1n) is 5.98. The molecule has 0 radical (unpaired) electrons. The molecule has 0 bridgehead atoms. The molecule has 7 nitrogen and oxygen atoms in total. The van der Waals surface area contributed by atoms with E-state index in [2.05, 4.69) is 5.32 Å². The zero-order valence-electron chi connectivity index (χ0n) is 11.0. The summed E-state index contributed by atoms with van der Waals surface area (Å²) in [6, 6.07) is -0.0161. The number of nitrogens with one attached hydrogen (secondary N) is 1. The van der Waals surface area contributed by atoms with Crippen molar-refractivity contribution in [2.45, 2.75) is 25.8 Å². The van der Waals surface area contributed by atoms with Crippen molar-refractivity contribution in [1.29, 1.82) is 0 Å². The summed E-state index contributed by atoms with van der Waals surface area (Å²) in [6.45, 7) is 2.90. The molecule has 1 aliphatic rings. The number of rotatable bonds is 4. The molecule has 0 saturated carbocycles. The topological polar surface area (TPSA) is 79.0 Å². The fraction of sp³-hybridized carbons (Fsp3) is 0.900. The van der Waals surface area contributed by atoms with Crippen molar-refractivity contribution in [1.82, 2.24) is 13.9 Å². The van der Waals surface area contributed by atoms with Crippen LogP contribution in [0.3, 0.4) is 0 Å². The Labute approximate surface area is 108 Å². The van der Waals surface area contributed by atoms with Crippen molar-refractivity contribution in [3.05, 3.63) is 0 Å². The van der Waals surface area contributed by atoms with E-state index in [-0.39, 0.29) is 6.04 Å². The van der Waals surface area contributed by atoms with E-state index in [9.17, 15) is 13.2 Å². The van der Waals surface area contributed by atoms with E-state index in [1.807, 2.05) is 0 Å². The van der Waals surface area contributed by atoms with Gasteiger partial charge in [0, 0.05) is 33.2 Å². The maximum atomic E-state index is 11.9. The van der Waals surface area contributed by atoms with Crippen molar-refractivity contribution < 1.29 is 17.9 Å². The van der Waals surface area contributed by atoms with Gasteiger partial charge in [-0.3, -0.25) is 0 Å². The number of carbonyl (C=O) groups excluding carboxylic acids is 1. The maximum absolute atomic E-state index is 11.9. The lowest BCUT2D eigenvalue weighted by atomic mass is 10.1. The van der Waals surface area contributed by atoms with Crippen molar-refractivity contribution >= 4 is 16.3 Å². The number of hydrogen-bond donors (Lipinski definition) is 1. The molecule has 1 heterocycles. The van der Waals surface area contributed by atoms with Gasteiger partial charge in [-0.15, -0.1) is 0 Å². The minimum Gasteiger partial charge on any atom is -0.450 e. The summed E-state index contributed by atoms with van der Waals surface area (Å²) in [6.07, 6.45) is 0.768. The molecule has 1 rings (SSSR count). The summed E-state index contributed by atoms with van der Waals surface area (Å²) in [5, 5.41) is 2.72. The lowest BCUT2D eigenvalue weighted by Gasteiger charge is -2.32. The summed E-state index contributed by atoms with van der Waals surface area (Å²) in [7, 11) is -0.315. The van der Waals surface area contributed by atoms with E-state index in [1.165, 1.54) is 22.7 Å². The molecule has 0 aromatic carbocycles. The van der Waals surface area contributed by atoms with Gasteiger partial charge in [-0.25, -0.2) is 4.79 Å². The van der Waals surface area contributed by atoms with E-state index in [0.717, 1.165) is 0 Å². The smallest absolute Gasteiger partial charge is 0.407 e. The van der Waals surface area contributed by atoms with E-state index in [4.69, 9.17) is 4.74 Å². The lowest BCUT2D eigenvalue weighted by molar-refractivity contribution is 0.143. The summed E-state index contributed by atoms with van der Waals surface area (Å²) in [5.74, 6) is 0. The van der Waals surface area contributed by atoms with E-state index < -0.39 is 16.3 Å². The number of alkyl carbamates (subject to hydrolysis) is 1. The van der Waals surface area contributed by atoms with Crippen LogP contribution in [0.25, 0.3) is 0 Å². The zero-order valence-corrected chi connectivity index (χ0v) is 11.9. The Morgan fingerprint density at radius 2 is 1.94 bits per heavy atom. The highest BCUT2D eigenvalue weighted by Gasteiger charge is 2.30. The Bertz CT molecular complexity index is 375. The van der Waals surface area contributed by atoms with E-state index in [0.29, 0.717) is 32.5 Å². The van der Waals surface area contributed by atoms with Crippen LogP contribution in [0.5, 0.6) is 0 Å². The van der Waals surface area contributed by atoms with Crippen LogP contribution in [0.2, 0.25) is 0 Å². The molecule has 0 atom stereocenters. The van der Waals surface area contributed by atoms with Crippen molar-refractivity contribution in [3.8, 4) is 0 Å². The van der Waals surface area contributed by atoms with Gasteiger partial charge in [-0.05, 0) is 19.8 Å². The van der Waals surface area contributed by atoms with Crippen molar-refractivity contribution in [2.24, 2.45) is 0 Å². The molecule has 0 unspecified atom stereocenters. The molecule has 1 amide bonds. The van der Waals surface area contributed by atoms with Gasteiger partial charge in [0.15, 0.2) is 0 Å². The quantitative estimate of drug-likeness (QED) is 0.786. The van der Waals surface area contributed by atoms with Gasteiger partial charge in [0.1, 0.15) is 0 Å². The summed E-state index contributed by atoms with van der Waals surface area (Å²) in [5.41, 5.74) is 0. The molecule has 0 spiro atoms. The van der Waals surface area contributed by atoms with Gasteiger partial charge in [-0.2, -0.15) is 17.0 Å². The fourth-order valence-corrected chi connectivity index (χ4v) is 2.94. The molecule has 18 heavy (non-hydrogen) atoms. The number of carbonyl (C=O) groups is 1. The number of piperidine rings is 1. The highest BCUT2D eigenvalue weighted by Crippen LogP contribution is 2.15. The highest BCUT2D eigenvalue weighted by atomic mass is 32.2. The zero-order chi connectivity index (χ0) is 13.8. The normalized spacial score (nSPS) is 18.9. The number of nitrogens with zero attached hydrogens (tertiary/aromatic N) is 2. The minimum atomic E-state index is -3.34. The molecule has 1 aliphatic heterocycles. The molecular formula is C10H21N3O4S. The second kappa shape index (κ2) is 6.35. The third kappa shape index (κ3) is 3.82. The molecule has 1 saturated heterocycles. The average molecular weight is 279 g/mol. The van der Waals surface area contributed by atoms with Crippen LogP contribution in [0.4, 0.5) is 4.79 Å². The van der Waals surface area contributed by atoms with Crippen LogP contribution in [0.1, 0.15) is 19.8 Å². The van der Waals surface area contributed by atoms with Crippen LogP contribution in [0.15, 0.2) is 0 Å². The monoisotopic (exact) mass is 279 g/mol.